The Hall–Kier alpha value is -3.32. The lowest BCUT2D eigenvalue weighted by Crippen LogP contribution is -2.30. The van der Waals surface area contributed by atoms with Gasteiger partial charge in [-0.15, -0.1) is 0 Å². The minimum atomic E-state index is -0.728. The summed E-state index contributed by atoms with van der Waals surface area (Å²) in [5, 5.41) is 10.7. The Labute approximate surface area is 160 Å². The molecule has 2 aliphatic rings. The minimum Gasteiger partial charge on any atom is -0.391 e. The predicted octanol–water partition coefficient (Wildman–Crippen LogP) is 1.81. The van der Waals surface area contributed by atoms with E-state index in [2.05, 4.69) is 15.0 Å². The first kappa shape index (κ1) is 18.1. The summed E-state index contributed by atoms with van der Waals surface area (Å²) in [6.45, 7) is 4.13. The number of aliphatic hydroxyl groups excluding tert-OH is 1. The molecule has 1 unspecified atom stereocenters. The van der Waals surface area contributed by atoms with Crippen LogP contribution in [-0.4, -0.2) is 30.7 Å². The van der Waals surface area contributed by atoms with Gasteiger partial charge < -0.3 is 9.67 Å². The highest BCUT2D eigenvalue weighted by molar-refractivity contribution is 5.81. The van der Waals surface area contributed by atoms with E-state index >= 15 is 0 Å². The number of H-pyrrole nitrogens is 1. The van der Waals surface area contributed by atoms with Crippen LogP contribution in [0.25, 0.3) is 22.6 Å². The second kappa shape index (κ2) is 7.01. The number of rotatable bonds is 4. The number of aryl methyl sites for hydroxylation is 2. The average Bonchev–Trinajstić information content (AvgIpc) is 2.65. The fourth-order valence-corrected chi connectivity index (χ4v) is 3.40. The summed E-state index contributed by atoms with van der Waals surface area (Å²) in [6, 6.07) is 13.5. The van der Waals surface area contributed by atoms with Crippen molar-refractivity contribution in [3.8, 4) is 11.5 Å². The molecule has 0 aromatic heterocycles. The number of nitrogens with one attached hydrogen (secondary N) is 1. The Morgan fingerprint density at radius 1 is 1.07 bits per heavy atom. The molecule has 2 aromatic carbocycles. The summed E-state index contributed by atoms with van der Waals surface area (Å²) in [5.41, 5.74) is 3.21. The zero-order chi connectivity index (χ0) is 19.8. The Morgan fingerprint density at radius 2 is 1.79 bits per heavy atom. The number of aromatic nitrogens is 4. The SMILES string of the molecule is Cc1cc2nc3c(=O)[nH]c(=O)nc-3n(CC(O)Cc3ccccc3)c2cc1C. The van der Waals surface area contributed by atoms with E-state index in [1.165, 1.54) is 0 Å². The van der Waals surface area contributed by atoms with Crippen LogP contribution in [0.15, 0.2) is 52.1 Å². The molecule has 0 amide bonds. The van der Waals surface area contributed by atoms with Gasteiger partial charge in [-0.25, -0.2) is 9.78 Å². The topological polar surface area (TPSA) is 101 Å². The van der Waals surface area contributed by atoms with E-state index in [1.807, 2.05) is 56.3 Å². The fraction of sp³-hybridized carbons (Fsp3) is 0.238. The average molecular weight is 376 g/mol. The van der Waals surface area contributed by atoms with Gasteiger partial charge in [-0.1, -0.05) is 30.3 Å². The molecule has 4 rings (SSSR count). The summed E-state index contributed by atoms with van der Waals surface area (Å²) in [4.78, 5) is 34.7. The highest BCUT2D eigenvalue weighted by Gasteiger charge is 2.21. The van der Waals surface area contributed by atoms with Gasteiger partial charge in [0.25, 0.3) is 5.56 Å². The smallest absolute Gasteiger partial charge is 0.349 e. The molecule has 0 spiro atoms. The van der Waals surface area contributed by atoms with Crippen LogP contribution >= 0.6 is 0 Å². The van der Waals surface area contributed by atoms with Gasteiger partial charge in [0.2, 0.25) is 0 Å². The normalized spacial score (nSPS) is 12.5. The third-order valence-corrected chi connectivity index (χ3v) is 4.93. The molecular formula is C21H20N4O3. The van der Waals surface area contributed by atoms with Crippen LogP contribution < -0.4 is 11.2 Å². The molecule has 2 aromatic rings. The lowest BCUT2D eigenvalue weighted by Gasteiger charge is -2.20. The summed E-state index contributed by atoms with van der Waals surface area (Å²) < 4.78 is 1.72. The second-order valence-corrected chi connectivity index (χ2v) is 7.03. The number of aliphatic hydroxyl groups is 1. The van der Waals surface area contributed by atoms with Gasteiger partial charge in [-0.3, -0.25) is 9.78 Å². The van der Waals surface area contributed by atoms with Crippen molar-refractivity contribution < 1.29 is 5.11 Å². The van der Waals surface area contributed by atoms with E-state index in [0.717, 1.165) is 22.2 Å². The lowest BCUT2D eigenvalue weighted by molar-refractivity contribution is 0.156. The fourth-order valence-electron chi connectivity index (χ4n) is 3.40. The number of nitrogens with zero attached hydrogens (tertiary/aromatic N) is 3. The van der Waals surface area contributed by atoms with E-state index in [1.54, 1.807) is 4.57 Å². The summed E-state index contributed by atoms with van der Waals surface area (Å²) in [6.07, 6.45) is -0.281. The van der Waals surface area contributed by atoms with Crippen molar-refractivity contribution in [2.75, 3.05) is 0 Å². The van der Waals surface area contributed by atoms with Crippen LogP contribution in [0.5, 0.6) is 0 Å². The van der Waals surface area contributed by atoms with Crippen LogP contribution in [0.2, 0.25) is 0 Å². The van der Waals surface area contributed by atoms with Gasteiger partial charge in [0.15, 0.2) is 11.5 Å². The van der Waals surface area contributed by atoms with Crippen LogP contribution in [0, 0.1) is 13.8 Å². The van der Waals surface area contributed by atoms with E-state index < -0.39 is 17.4 Å². The third-order valence-electron chi connectivity index (χ3n) is 4.93. The molecule has 2 heterocycles. The molecule has 7 heteroatoms. The third kappa shape index (κ3) is 3.32. The second-order valence-electron chi connectivity index (χ2n) is 7.03. The number of benzene rings is 2. The molecule has 1 atom stereocenters. The number of aromatic amines is 1. The zero-order valence-electron chi connectivity index (χ0n) is 15.6. The Morgan fingerprint density at radius 3 is 2.54 bits per heavy atom. The van der Waals surface area contributed by atoms with Crippen LogP contribution in [0.4, 0.5) is 0 Å². The molecule has 2 N–H and O–H groups in total. The molecule has 7 nitrogen and oxygen atoms in total. The largest absolute Gasteiger partial charge is 0.391 e. The van der Waals surface area contributed by atoms with Crippen LogP contribution in [0.1, 0.15) is 16.7 Å². The van der Waals surface area contributed by atoms with Crippen molar-refractivity contribution in [1.82, 2.24) is 19.5 Å². The lowest BCUT2D eigenvalue weighted by atomic mass is 10.1. The maximum Gasteiger partial charge on any atom is 0.349 e. The van der Waals surface area contributed by atoms with E-state index in [0.29, 0.717) is 11.9 Å². The van der Waals surface area contributed by atoms with Gasteiger partial charge in [-0.2, -0.15) is 4.98 Å². The molecule has 0 fully saturated rings. The first-order valence-electron chi connectivity index (χ1n) is 9.06. The van der Waals surface area contributed by atoms with Crippen molar-refractivity contribution in [3.63, 3.8) is 0 Å². The number of fused-ring (bicyclic) bond motifs is 2. The molecular weight excluding hydrogens is 356 g/mol. The van der Waals surface area contributed by atoms with Crippen LogP contribution in [-0.2, 0) is 13.0 Å². The highest BCUT2D eigenvalue weighted by Crippen LogP contribution is 2.24. The standard InChI is InChI=1S/C21H20N4O3/c1-12-8-16-17(9-13(12)2)25(11-15(26)10-14-6-4-3-5-7-14)19-18(22-16)20(27)24-21(28)23-19/h3-9,15,26H,10-11H2,1-2H3,(H,24,27,28). The Kier molecular flexibility index (Phi) is 4.52. The summed E-state index contributed by atoms with van der Waals surface area (Å²) in [5.74, 6) is 0.177. The highest BCUT2D eigenvalue weighted by atomic mass is 16.3. The van der Waals surface area contributed by atoms with Crippen molar-refractivity contribution in [2.24, 2.45) is 0 Å². The van der Waals surface area contributed by atoms with Crippen molar-refractivity contribution in [1.29, 1.82) is 0 Å². The molecule has 28 heavy (non-hydrogen) atoms. The first-order valence-corrected chi connectivity index (χ1v) is 9.06. The molecule has 0 bridgehead atoms. The summed E-state index contributed by atoms with van der Waals surface area (Å²) in [7, 11) is 0. The first-order chi connectivity index (χ1) is 13.4. The van der Waals surface area contributed by atoms with Gasteiger partial charge in [0.05, 0.1) is 23.7 Å². The van der Waals surface area contributed by atoms with Crippen molar-refractivity contribution >= 4 is 11.0 Å². The minimum absolute atomic E-state index is 0.0854. The molecule has 0 saturated carbocycles. The molecule has 0 radical (unpaired) electrons. The Balaban J connectivity index is 1.89. The monoisotopic (exact) mass is 376 g/mol. The van der Waals surface area contributed by atoms with E-state index in [-0.39, 0.29) is 18.1 Å². The molecule has 0 aliphatic carbocycles. The van der Waals surface area contributed by atoms with E-state index in [4.69, 9.17) is 0 Å². The zero-order valence-corrected chi connectivity index (χ0v) is 15.6. The quantitative estimate of drug-likeness (QED) is 0.529. The van der Waals surface area contributed by atoms with Gasteiger partial charge >= 0.3 is 5.69 Å². The number of hydrogen-bond acceptors (Lipinski definition) is 5. The molecule has 2 aliphatic heterocycles. The van der Waals surface area contributed by atoms with Gasteiger partial charge in [0.1, 0.15) is 0 Å². The maximum absolute atomic E-state index is 12.3. The number of hydrogen-bond donors (Lipinski definition) is 2. The maximum atomic E-state index is 12.3. The van der Waals surface area contributed by atoms with Crippen molar-refractivity contribution in [3.05, 3.63) is 80.0 Å². The van der Waals surface area contributed by atoms with Crippen LogP contribution in [0.3, 0.4) is 0 Å². The van der Waals surface area contributed by atoms with E-state index in [9.17, 15) is 14.7 Å². The predicted molar refractivity (Wildman–Crippen MR) is 107 cm³/mol. The molecule has 142 valence electrons. The van der Waals surface area contributed by atoms with Gasteiger partial charge in [-0.05, 0) is 42.7 Å². The molecule has 0 saturated heterocycles. The Bertz CT molecular complexity index is 1240. The van der Waals surface area contributed by atoms with Gasteiger partial charge in [0, 0.05) is 6.42 Å². The van der Waals surface area contributed by atoms with Crippen molar-refractivity contribution in [2.45, 2.75) is 32.9 Å². The summed E-state index contributed by atoms with van der Waals surface area (Å²) >= 11 is 0.